The Labute approximate surface area is 233 Å². The molecule has 8 nitrogen and oxygen atoms in total. The van der Waals surface area contributed by atoms with Gasteiger partial charge in [0.25, 0.3) is 5.91 Å². The number of benzene rings is 2. The molecule has 0 bridgehead atoms. The van der Waals surface area contributed by atoms with Gasteiger partial charge in [-0.15, -0.1) is 0 Å². The highest BCUT2D eigenvalue weighted by atomic mass is 19.4. The highest BCUT2D eigenvalue weighted by molar-refractivity contribution is 5.98. The van der Waals surface area contributed by atoms with Gasteiger partial charge in [0.05, 0.1) is 11.6 Å². The Morgan fingerprint density at radius 2 is 1.73 bits per heavy atom. The molecular weight excluding hydrogens is 525 g/mol. The van der Waals surface area contributed by atoms with Gasteiger partial charge in [0.1, 0.15) is 11.4 Å². The Morgan fingerprint density at radius 1 is 1.07 bits per heavy atom. The number of nitrogens with zero attached hydrogens (tertiary/aromatic N) is 3. The Balaban J connectivity index is 1.33. The molecule has 1 saturated heterocycles. The van der Waals surface area contributed by atoms with Crippen LogP contribution in [0.2, 0.25) is 0 Å². The fourth-order valence-corrected chi connectivity index (χ4v) is 4.81. The topological polar surface area (TPSA) is 74.4 Å². The highest BCUT2D eigenvalue weighted by Crippen LogP contribution is 2.37. The molecule has 4 rings (SSSR count). The molecule has 2 aromatic rings. The van der Waals surface area contributed by atoms with Gasteiger partial charge in [0.2, 0.25) is 0 Å². The lowest BCUT2D eigenvalue weighted by atomic mass is 9.96. The summed E-state index contributed by atoms with van der Waals surface area (Å²) < 4.78 is 49.9. The van der Waals surface area contributed by atoms with Crippen molar-refractivity contribution in [1.82, 2.24) is 4.90 Å². The quantitative estimate of drug-likeness (QED) is 0.434. The van der Waals surface area contributed by atoms with Crippen molar-refractivity contribution in [2.75, 3.05) is 55.0 Å². The number of alkyl halides is 3. The van der Waals surface area contributed by atoms with Crippen LogP contribution in [-0.4, -0.2) is 68.5 Å². The second-order valence-corrected chi connectivity index (χ2v) is 11.2. The molecule has 0 spiro atoms. The Bertz CT molecular complexity index is 1190. The zero-order valence-corrected chi connectivity index (χ0v) is 23.4. The van der Waals surface area contributed by atoms with Crippen molar-refractivity contribution in [3.63, 3.8) is 0 Å². The maximum Gasteiger partial charge on any atom is 0.410 e. The van der Waals surface area contributed by atoms with Crippen molar-refractivity contribution in [3.05, 3.63) is 42.5 Å². The number of rotatable bonds is 7. The van der Waals surface area contributed by atoms with Gasteiger partial charge in [-0.3, -0.25) is 4.79 Å². The van der Waals surface area contributed by atoms with E-state index in [9.17, 15) is 22.8 Å². The van der Waals surface area contributed by atoms with Gasteiger partial charge in [-0.25, -0.2) is 4.79 Å². The van der Waals surface area contributed by atoms with Gasteiger partial charge in [0, 0.05) is 56.4 Å². The lowest BCUT2D eigenvalue weighted by Crippen LogP contribution is -2.41. The zero-order valence-electron chi connectivity index (χ0n) is 23.4. The summed E-state index contributed by atoms with van der Waals surface area (Å²) in [6.07, 6.45) is -3.74. The number of anilines is 4. The maximum absolute atomic E-state index is 13.0. The Morgan fingerprint density at radius 3 is 2.35 bits per heavy atom. The third kappa shape index (κ3) is 7.51. The minimum Gasteiger partial charge on any atom is -0.481 e. The van der Waals surface area contributed by atoms with Crippen LogP contribution in [-0.2, 0) is 9.53 Å². The number of halogens is 3. The molecular formula is C29H37F3N4O4. The first-order valence-corrected chi connectivity index (χ1v) is 13.5. The summed E-state index contributed by atoms with van der Waals surface area (Å²) in [4.78, 5) is 29.9. The molecule has 2 aliphatic heterocycles. The summed E-state index contributed by atoms with van der Waals surface area (Å²) in [7, 11) is 1.67. The summed E-state index contributed by atoms with van der Waals surface area (Å²) in [5.41, 5.74) is 2.58. The molecule has 2 heterocycles. The van der Waals surface area contributed by atoms with E-state index in [4.69, 9.17) is 9.47 Å². The molecule has 2 aromatic carbocycles. The van der Waals surface area contributed by atoms with Crippen LogP contribution in [0.15, 0.2) is 42.5 Å². The van der Waals surface area contributed by atoms with E-state index in [1.807, 2.05) is 68.1 Å². The van der Waals surface area contributed by atoms with Crippen LogP contribution in [0, 0.1) is 5.92 Å². The van der Waals surface area contributed by atoms with Crippen molar-refractivity contribution in [3.8, 4) is 5.75 Å². The number of amides is 2. The molecule has 40 heavy (non-hydrogen) atoms. The van der Waals surface area contributed by atoms with Crippen molar-refractivity contribution in [2.45, 2.75) is 51.8 Å². The van der Waals surface area contributed by atoms with E-state index in [0.717, 1.165) is 17.1 Å². The number of hydrogen-bond donors (Lipinski definition) is 1. The minimum atomic E-state index is -4.12. The molecule has 11 heteroatoms. The van der Waals surface area contributed by atoms with Crippen LogP contribution < -0.4 is 19.9 Å². The predicted molar refractivity (Wildman–Crippen MR) is 148 cm³/mol. The number of carbonyl (C=O) groups excluding carboxylic acids is 2. The average molecular weight is 563 g/mol. The largest absolute Gasteiger partial charge is 0.481 e. The molecule has 0 unspecified atom stereocenters. The molecule has 2 amide bonds. The van der Waals surface area contributed by atoms with Crippen molar-refractivity contribution in [1.29, 1.82) is 0 Å². The van der Waals surface area contributed by atoms with E-state index in [2.05, 4.69) is 5.32 Å². The Hall–Kier alpha value is -3.63. The fourth-order valence-electron chi connectivity index (χ4n) is 4.81. The molecule has 0 atom stereocenters. The normalized spacial score (nSPS) is 16.3. The molecule has 218 valence electrons. The van der Waals surface area contributed by atoms with Crippen molar-refractivity contribution >= 4 is 34.7 Å². The van der Waals surface area contributed by atoms with Gasteiger partial charge in [-0.2, -0.15) is 13.2 Å². The molecule has 0 aliphatic carbocycles. The SMILES string of the molecule is CN(CCCN1C(=O)COc2cc(Nc3ccc(N4CCC(C(F)(F)F)CC4)cc3)ccc21)C(=O)OC(C)(C)C. The number of ether oxygens (including phenoxy) is 2. The van der Waals surface area contributed by atoms with Gasteiger partial charge in [-0.05, 0) is 76.4 Å². The van der Waals surface area contributed by atoms with Gasteiger partial charge in [0.15, 0.2) is 6.61 Å². The van der Waals surface area contributed by atoms with Crippen LogP contribution >= 0.6 is 0 Å². The summed E-state index contributed by atoms with van der Waals surface area (Å²) in [5.74, 6) is -0.794. The van der Waals surface area contributed by atoms with Crippen LogP contribution in [0.3, 0.4) is 0 Å². The molecule has 0 aromatic heterocycles. The average Bonchev–Trinajstić information content (AvgIpc) is 2.89. The third-order valence-electron chi connectivity index (χ3n) is 6.96. The second-order valence-electron chi connectivity index (χ2n) is 11.2. The highest BCUT2D eigenvalue weighted by Gasteiger charge is 2.41. The number of fused-ring (bicyclic) bond motifs is 1. The van der Waals surface area contributed by atoms with E-state index in [0.29, 0.717) is 44.0 Å². The summed E-state index contributed by atoms with van der Waals surface area (Å²) >= 11 is 0. The number of carbonyl (C=O) groups is 2. The first kappa shape index (κ1) is 29.4. The van der Waals surface area contributed by atoms with E-state index in [-0.39, 0.29) is 25.4 Å². The first-order chi connectivity index (χ1) is 18.8. The maximum atomic E-state index is 13.0. The van der Waals surface area contributed by atoms with Crippen LogP contribution in [0.1, 0.15) is 40.0 Å². The minimum absolute atomic E-state index is 0.0713. The van der Waals surface area contributed by atoms with Crippen molar-refractivity contribution in [2.24, 2.45) is 5.92 Å². The lowest BCUT2D eigenvalue weighted by molar-refractivity contribution is -0.179. The molecule has 0 radical (unpaired) electrons. The third-order valence-corrected chi connectivity index (χ3v) is 6.96. The van der Waals surface area contributed by atoms with E-state index >= 15 is 0 Å². The van der Waals surface area contributed by atoms with Crippen LogP contribution in [0.5, 0.6) is 5.75 Å². The molecule has 1 N–H and O–H groups in total. The van der Waals surface area contributed by atoms with Gasteiger partial charge in [-0.1, -0.05) is 0 Å². The number of piperidine rings is 1. The fraction of sp³-hybridized carbons (Fsp3) is 0.517. The molecule has 2 aliphatic rings. The van der Waals surface area contributed by atoms with E-state index in [1.165, 1.54) is 4.90 Å². The zero-order chi connectivity index (χ0) is 29.1. The second kappa shape index (κ2) is 11.9. The number of hydrogen-bond acceptors (Lipinski definition) is 6. The Kier molecular flexibility index (Phi) is 8.70. The molecule has 1 fully saturated rings. The van der Waals surface area contributed by atoms with Gasteiger partial charge < -0.3 is 29.5 Å². The summed E-state index contributed by atoms with van der Waals surface area (Å²) in [6, 6.07) is 13.1. The lowest BCUT2D eigenvalue weighted by Gasteiger charge is -2.34. The standard InChI is InChI=1S/C29H37F3N4O4/c1-28(2,3)40-27(38)34(4)14-5-15-36-24-11-8-22(18-25(24)39-19-26(36)37)33-21-6-9-23(10-7-21)35-16-12-20(13-17-35)29(30,31)32/h6-11,18,20,33H,5,12-17,19H2,1-4H3. The molecule has 0 saturated carbocycles. The van der Waals surface area contributed by atoms with Crippen molar-refractivity contribution < 1.29 is 32.2 Å². The number of nitrogens with one attached hydrogen (secondary N) is 1. The van der Waals surface area contributed by atoms with E-state index < -0.39 is 23.8 Å². The monoisotopic (exact) mass is 562 g/mol. The smallest absolute Gasteiger partial charge is 0.410 e. The van der Waals surface area contributed by atoms with E-state index in [1.54, 1.807) is 11.9 Å². The summed E-state index contributed by atoms with van der Waals surface area (Å²) in [6.45, 7) is 6.99. The first-order valence-electron chi connectivity index (χ1n) is 13.5. The van der Waals surface area contributed by atoms with Crippen LogP contribution in [0.25, 0.3) is 0 Å². The van der Waals surface area contributed by atoms with Crippen LogP contribution in [0.4, 0.5) is 40.7 Å². The summed E-state index contributed by atoms with van der Waals surface area (Å²) in [5, 5.41) is 3.32. The predicted octanol–water partition coefficient (Wildman–Crippen LogP) is 6.19. The van der Waals surface area contributed by atoms with Gasteiger partial charge >= 0.3 is 12.3 Å².